The average molecular weight is 285 g/mol. The van der Waals surface area contributed by atoms with Crippen LogP contribution < -0.4 is 5.32 Å². The second-order valence-corrected chi connectivity index (χ2v) is 5.41. The maximum atomic E-state index is 11.8. The Kier molecular flexibility index (Phi) is 3.69. The molecule has 0 saturated heterocycles. The van der Waals surface area contributed by atoms with Crippen LogP contribution in [0.2, 0.25) is 0 Å². The quantitative estimate of drug-likeness (QED) is 0.829. The Hall–Kier alpha value is -0.770. The first-order valence-electron chi connectivity index (χ1n) is 5.77. The van der Waals surface area contributed by atoms with Gasteiger partial charge in [0.05, 0.1) is 0 Å². The SMILES string of the molecule is Cn1cc(Br)cc1C(=O)NCCCC1CC1. The van der Waals surface area contributed by atoms with Gasteiger partial charge in [-0.05, 0) is 40.8 Å². The molecule has 0 aromatic carbocycles. The van der Waals surface area contributed by atoms with Gasteiger partial charge < -0.3 is 9.88 Å². The Morgan fingerprint density at radius 2 is 2.38 bits per heavy atom. The number of carbonyl (C=O) groups is 1. The third-order valence-electron chi connectivity index (χ3n) is 2.98. The minimum absolute atomic E-state index is 0.0176. The van der Waals surface area contributed by atoms with Crippen LogP contribution in [-0.2, 0) is 7.05 Å². The fraction of sp³-hybridized carbons (Fsp3) is 0.583. The maximum absolute atomic E-state index is 11.8. The number of hydrogen-bond donors (Lipinski definition) is 1. The Labute approximate surface area is 104 Å². The number of aryl methyl sites for hydroxylation is 1. The molecule has 1 fully saturated rings. The van der Waals surface area contributed by atoms with Crippen molar-refractivity contribution in [3.8, 4) is 0 Å². The van der Waals surface area contributed by atoms with Crippen LogP contribution in [-0.4, -0.2) is 17.0 Å². The summed E-state index contributed by atoms with van der Waals surface area (Å²) in [5.41, 5.74) is 0.707. The number of carbonyl (C=O) groups excluding carboxylic acids is 1. The van der Waals surface area contributed by atoms with Crippen molar-refractivity contribution in [1.29, 1.82) is 0 Å². The van der Waals surface area contributed by atoms with Gasteiger partial charge >= 0.3 is 0 Å². The van der Waals surface area contributed by atoms with Gasteiger partial charge in [-0.15, -0.1) is 0 Å². The van der Waals surface area contributed by atoms with E-state index in [-0.39, 0.29) is 5.91 Å². The molecule has 0 unspecified atom stereocenters. The van der Waals surface area contributed by atoms with Crippen LogP contribution in [0.25, 0.3) is 0 Å². The first-order valence-corrected chi connectivity index (χ1v) is 6.56. The van der Waals surface area contributed by atoms with Gasteiger partial charge in [0.2, 0.25) is 0 Å². The molecule has 0 bridgehead atoms. The predicted molar refractivity (Wildman–Crippen MR) is 67.4 cm³/mol. The molecule has 1 aliphatic carbocycles. The molecule has 2 rings (SSSR count). The normalized spacial score (nSPS) is 15.1. The summed E-state index contributed by atoms with van der Waals surface area (Å²) in [5, 5.41) is 2.96. The summed E-state index contributed by atoms with van der Waals surface area (Å²) in [6.45, 7) is 0.790. The fourth-order valence-corrected chi connectivity index (χ4v) is 2.36. The molecule has 0 radical (unpaired) electrons. The number of nitrogens with zero attached hydrogens (tertiary/aromatic N) is 1. The zero-order valence-electron chi connectivity index (χ0n) is 9.50. The number of rotatable bonds is 5. The summed E-state index contributed by atoms with van der Waals surface area (Å²) >= 11 is 3.36. The Morgan fingerprint density at radius 1 is 1.62 bits per heavy atom. The molecule has 16 heavy (non-hydrogen) atoms. The standard InChI is InChI=1S/C12H17BrN2O/c1-15-8-10(13)7-11(15)12(16)14-6-2-3-9-4-5-9/h7-9H,2-6H2,1H3,(H,14,16). The average Bonchev–Trinajstić information content (AvgIpc) is 2.98. The number of hydrogen-bond acceptors (Lipinski definition) is 1. The van der Waals surface area contributed by atoms with E-state index in [4.69, 9.17) is 0 Å². The molecule has 1 aromatic rings. The maximum Gasteiger partial charge on any atom is 0.267 e. The number of aromatic nitrogens is 1. The van der Waals surface area contributed by atoms with Crippen molar-refractivity contribution in [3.63, 3.8) is 0 Å². The topological polar surface area (TPSA) is 34.0 Å². The van der Waals surface area contributed by atoms with E-state index in [9.17, 15) is 4.79 Å². The van der Waals surface area contributed by atoms with Gasteiger partial charge in [-0.1, -0.05) is 12.8 Å². The van der Waals surface area contributed by atoms with Crippen molar-refractivity contribution in [2.75, 3.05) is 6.54 Å². The van der Waals surface area contributed by atoms with Crippen molar-refractivity contribution in [2.45, 2.75) is 25.7 Å². The Bertz CT molecular complexity index is 382. The monoisotopic (exact) mass is 284 g/mol. The zero-order valence-corrected chi connectivity index (χ0v) is 11.1. The van der Waals surface area contributed by atoms with E-state index in [1.54, 1.807) is 0 Å². The lowest BCUT2D eigenvalue weighted by Gasteiger charge is -2.05. The summed E-state index contributed by atoms with van der Waals surface area (Å²) in [7, 11) is 1.88. The van der Waals surface area contributed by atoms with Crippen molar-refractivity contribution in [3.05, 3.63) is 22.4 Å². The smallest absolute Gasteiger partial charge is 0.267 e. The van der Waals surface area contributed by atoms with Gasteiger partial charge in [0, 0.05) is 24.3 Å². The predicted octanol–water partition coefficient (Wildman–Crippen LogP) is 2.71. The van der Waals surface area contributed by atoms with Crippen LogP contribution in [0.5, 0.6) is 0 Å². The lowest BCUT2D eigenvalue weighted by atomic mass is 10.2. The minimum Gasteiger partial charge on any atom is -0.351 e. The van der Waals surface area contributed by atoms with E-state index in [0.29, 0.717) is 5.69 Å². The van der Waals surface area contributed by atoms with Crippen molar-refractivity contribution < 1.29 is 4.79 Å². The van der Waals surface area contributed by atoms with Crippen molar-refractivity contribution in [1.82, 2.24) is 9.88 Å². The summed E-state index contributed by atoms with van der Waals surface area (Å²) in [4.78, 5) is 11.8. The van der Waals surface area contributed by atoms with Crippen LogP contribution in [0.3, 0.4) is 0 Å². The zero-order chi connectivity index (χ0) is 11.5. The highest BCUT2D eigenvalue weighted by molar-refractivity contribution is 9.10. The summed E-state index contributed by atoms with van der Waals surface area (Å²) in [5.74, 6) is 0.963. The van der Waals surface area contributed by atoms with Crippen LogP contribution in [0.4, 0.5) is 0 Å². The van der Waals surface area contributed by atoms with Gasteiger partial charge in [-0.2, -0.15) is 0 Å². The molecule has 1 aromatic heterocycles. The first-order chi connectivity index (χ1) is 7.66. The summed E-state index contributed by atoms with van der Waals surface area (Å²) in [6, 6.07) is 1.84. The first kappa shape index (κ1) is 11.7. The lowest BCUT2D eigenvalue weighted by molar-refractivity contribution is 0.0944. The highest BCUT2D eigenvalue weighted by atomic mass is 79.9. The van der Waals surface area contributed by atoms with Gasteiger partial charge in [0.1, 0.15) is 5.69 Å². The molecule has 1 aliphatic rings. The van der Waals surface area contributed by atoms with E-state index in [0.717, 1.165) is 23.4 Å². The van der Waals surface area contributed by atoms with Gasteiger partial charge in [0.25, 0.3) is 5.91 Å². The van der Waals surface area contributed by atoms with Crippen LogP contribution >= 0.6 is 15.9 Å². The lowest BCUT2D eigenvalue weighted by Crippen LogP contribution is -2.26. The molecular weight excluding hydrogens is 268 g/mol. The minimum atomic E-state index is 0.0176. The molecule has 1 N–H and O–H groups in total. The molecule has 1 heterocycles. The van der Waals surface area contributed by atoms with Gasteiger partial charge in [-0.25, -0.2) is 0 Å². The Morgan fingerprint density at radius 3 is 2.94 bits per heavy atom. The molecule has 4 heteroatoms. The molecule has 3 nitrogen and oxygen atoms in total. The van der Waals surface area contributed by atoms with Crippen LogP contribution in [0.15, 0.2) is 16.7 Å². The number of halogens is 1. The molecule has 0 spiro atoms. The van der Waals surface area contributed by atoms with E-state index in [1.165, 1.54) is 19.3 Å². The molecule has 1 amide bonds. The molecule has 88 valence electrons. The van der Waals surface area contributed by atoms with Crippen LogP contribution in [0.1, 0.15) is 36.2 Å². The number of amides is 1. The Balaban J connectivity index is 1.75. The van der Waals surface area contributed by atoms with Crippen LogP contribution in [0, 0.1) is 5.92 Å². The van der Waals surface area contributed by atoms with E-state index >= 15 is 0 Å². The third-order valence-corrected chi connectivity index (χ3v) is 3.41. The second kappa shape index (κ2) is 5.04. The van der Waals surface area contributed by atoms with Crippen molar-refractivity contribution in [2.24, 2.45) is 13.0 Å². The summed E-state index contributed by atoms with van der Waals surface area (Å²) < 4.78 is 2.78. The second-order valence-electron chi connectivity index (χ2n) is 4.50. The fourth-order valence-electron chi connectivity index (χ4n) is 1.84. The highest BCUT2D eigenvalue weighted by Crippen LogP contribution is 2.33. The van der Waals surface area contributed by atoms with E-state index < -0.39 is 0 Å². The van der Waals surface area contributed by atoms with E-state index in [1.807, 2.05) is 23.9 Å². The van der Waals surface area contributed by atoms with Gasteiger partial charge in [0.15, 0.2) is 0 Å². The molecule has 0 aliphatic heterocycles. The third kappa shape index (κ3) is 3.11. The van der Waals surface area contributed by atoms with E-state index in [2.05, 4.69) is 21.2 Å². The van der Waals surface area contributed by atoms with Crippen molar-refractivity contribution >= 4 is 21.8 Å². The van der Waals surface area contributed by atoms with Gasteiger partial charge in [-0.3, -0.25) is 4.79 Å². The largest absolute Gasteiger partial charge is 0.351 e. The number of nitrogens with one attached hydrogen (secondary N) is 1. The highest BCUT2D eigenvalue weighted by Gasteiger charge is 2.20. The molecule has 0 atom stereocenters. The molecule has 1 saturated carbocycles. The molecular formula is C12H17BrN2O. The summed E-state index contributed by atoms with van der Waals surface area (Å²) in [6.07, 6.45) is 7.02.